The Balaban J connectivity index is 2.90. The lowest BCUT2D eigenvalue weighted by molar-refractivity contribution is -0.123. The molecule has 19 heavy (non-hydrogen) atoms. The lowest BCUT2D eigenvalue weighted by Crippen LogP contribution is -2.21. The Morgan fingerprint density at radius 2 is 2.11 bits per heavy atom. The summed E-state index contributed by atoms with van der Waals surface area (Å²) in [6.45, 7) is 6.14. The van der Waals surface area contributed by atoms with E-state index >= 15 is 0 Å². The molecular weight excluding hydrogens is 234 g/mol. The van der Waals surface area contributed by atoms with Crippen molar-refractivity contribution in [3.63, 3.8) is 0 Å². The van der Waals surface area contributed by atoms with Crippen LogP contribution in [-0.2, 0) is 4.79 Å². The van der Waals surface area contributed by atoms with Crippen LogP contribution in [0.1, 0.15) is 56.6 Å². The second kappa shape index (κ2) is 7.74. The summed E-state index contributed by atoms with van der Waals surface area (Å²) in [5.41, 5.74) is 1.93. The Morgan fingerprint density at radius 1 is 1.37 bits per heavy atom. The van der Waals surface area contributed by atoms with Crippen LogP contribution in [0.15, 0.2) is 24.3 Å². The first-order valence-electron chi connectivity index (χ1n) is 7.13. The third-order valence-electron chi connectivity index (χ3n) is 3.59. The Bertz CT molecular complexity index is 459. The minimum atomic E-state index is -0.610. The maximum absolute atomic E-state index is 12.5. The molecule has 2 nitrogen and oxygen atoms in total. The maximum atomic E-state index is 12.5. The predicted molar refractivity (Wildman–Crippen MR) is 77.8 cm³/mol. The molecule has 0 amide bonds. The SMILES string of the molecule is CCCCC(CC)C(=O)C(C#N)c1cccc(C)c1. The van der Waals surface area contributed by atoms with Crippen molar-refractivity contribution in [2.45, 2.75) is 52.4 Å². The van der Waals surface area contributed by atoms with Gasteiger partial charge in [0.2, 0.25) is 0 Å². The van der Waals surface area contributed by atoms with Crippen LogP contribution in [0, 0.1) is 24.2 Å². The van der Waals surface area contributed by atoms with Crippen LogP contribution < -0.4 is 0 Å². The molecule has 0 bridgehead atoms. The van der Waals surface area contributed by atoms with E-state index in [1.807, 2.05) is 38.1 Å². The molecule has 0 N–H and O–H groups in total. The smallest absolute Gasteiger partial charge is 0.157 e. The van der Waals surface area contributed by atoms with Gasteiger partial charge in [-0.05, 0) is 25.3 Å². The number of nitrogens with zero attached hydrogens (tertiary/aromatic N) is 1. The Hall–Kier alpha value is -1.62. The molecule has 0 aliphatic rings. The van der Waals surface area contributed by atoms with Gasteiger partial charge in [-0.15, -0.1) is 0 Å². The number of ketones is 1. The van der Waals surface area contributed by atoms with E-state index in [0.717, 1.165) is 36.8 Å². The van der Waals surface area contributed by atoms with E-state index in [4.69, 9.17) is 0 Å². The summed E-state index contributed by atoms with van der Waals surface area (Å²) in [6.07, 6.45) is 3.86. The number of benzene rings is 1. The third kappa shape index (κ3) is 4.21. The third-order valence-corrected chi connectivity index (χ3v) is 3.59. The second-order valence-corrected chi connectivity index (χ2v) is 5.13. The summed E-state index contributed by atoms with van der Waals surface area (Å²) in [6, 6.07) is 9.91. The summed E-state index contributed by atoms with van der Waals surface area (Å²) >= 11 is 0. The molecule has 1 rings (SSSR count). The van der Waals surface area contributed by atoms with Crippen LogP contribution >= 0.6 is 0 Å². The highest BCUT2D eigenvalue weighted by molar-refractivity contribution is 5.90. The highest BCUT2D eigenvalue weighted by Crippen LogP contribution is 2.25. The molecule has 0 saturated carbocycles. The summed E-state index contributed by atoms with van der Waals surface area (Å²) in [7, 11) is 0. The second-order valence-electron chi connectivity index (χ2n) is 5.13. The number of carbonyl (C=O) groups is 1. The minimum Gasteiger partial charge on any atom is -0.298 e. The molecule has 0 aliphatic carbocycles. The lowest BCUT2D eigenvalue weighted by atomic mass is 9.84. The summed E-state index contributed by atoms with van der Waals surface area (Å²) < 4.78 is 0. The van der Waals surface area contributed by atoms with Gasteiger partial charge in [-0.25, -0.2) is 0 Å². The van der Waals surface area contributed by atoms with E-state index in [0.29, 0.717) is 0 Å². The Kier molecular flexibility index (Phi) is 6.29. The van der Waals surface area contributed by atoms with Crippen LogP contribution in [-0.4, -0.2) is 5.78 Å². The highest BCUT2D eigenvalue weighted by atomic mass is 16.1. The van der Waals surface area contributed by atoms with Crippen molar-refractivity contribution in [3.05, 3.63) is 35.4 Å². The topological polar surface area (TPSA) is 40.9 Å². The summed E-state index contributed by atoms with van der Waals surface area (Å²) in [5.74, 6) is -0.504. The van der Waals surface area contributed by atoms with E-state index < -0.39 is 5.92 Å². The van der Waals surface area contributed by atoms with Crippen LogP contribution in [0.25, 0.3) is 0 Å². The molecule has 0 radical (unpaired) electrons. The molecule has 0 spiro atoms. The van der Waals surface area contributed by atoms with Gasteiger partial charge >= 0.3 is 0 Å². The molecular formula is C17H23NO. The highest BCUT2D eigenvalue weighted by Gasteiger charge is 2.26. The Labute approximate surface area is 116 Å². The van der Waals surface area contributed by atoms with Crippen molar-refractivity contribution in [1.82, 2.24) is 0 Å². The van der Waals surface area contributed by atoms with E-state index in [1.165, 1.54) is 0 Å². The number of Topliss-reactive ketones (excluding diaryl/α,β-unsaturated/α-hetero) is 1. The van der Waals surface area contributed by atoms with Crippen LogP contribution in [0.3, 0.4) is 0 Å². The van der Waals surface area contributed by atoms with Crippen molar-refractivity contribution in [2.24, 2.45) is 5.92 Å². The average molecular weight is 257 g/mol. The normalized spacial score (nSPS) is 13.6. The molecule has 2 atom stereocenters. The quantitative estimate of drug-likeness (QED) is 0.727. The predicted octanol–water partition coefficient (Wildman–Crippen LogP) is 4.39. The average Bonchev–Trinajstić information content (AvgIpc) is 2.40. The van der Waals surface area contributed by atoms with Crippen LogP contribution in [0.2, 0.25) is 0 Å². The zero-order chi connectivity index (χ0) is 14.3. The van der Waals surface area contributed by atoms with E-state index in [1.54, 1.807) is 0 Å². The number of rotatable bonds is 7. The van der Waals surface area contributed by atoms with Crippen LogP contribution in [0.5, 0.6) is 0 Å². The fourth-order valence-electron chi connectivity index (χ4n) is 2.39. The first-order chi connectivity index (χ1) is 9.13. The van der Waals surface area contributed by atoms with Gasteiger partial charge in [0.15, 0.2) is 5.78 Å². The molecule has 102 valence electrons. The Morgan fingerprint density at radius 3 is 2.63 bits per heavy atom. The molecule has 0 aliphatic heterocycles. The van der Waals surface area contributed by atoms with E-state index in [2.05, 4.69) is 13.0 Å². The first kappa shape index (κ1) is 15.4. The monoisotopic (exact) mass is 257 g/mol. The van der Waals surface area contributed by atoms with Gasteiger partial charge in [-0.1, -0.05) is 56.5 Å². The molecule has 0 saturated heterocycles. The molecule has 1 aromatic rings. The zero-order valence-electron chi connectivity index (χ0n) is 12.1. The lowest BCUT2D eigenvalue weighted by Gasteiger charge is -2.17. The fraction of sp³-hybridized carbons (Fsp3) is 0.529. The van der Waals surface area contributed by atoms with Crippen LogP contribution in [0.4, 0.5) is 0 Å². The number of hydrogen-bond donors (Lipinski definition) is 0. The van der Waals surface area contributed by atoms with Crippen molar-refractivity contribution in [2.75, 3.05) is 0 Å². The van der Waals surface area contributed by atoms with E-state index in [-0.39, 0.29) is 11.7 Å². The maximum Gasteiger partial charge on any atom is 0.157 e. The number of unbranched alkanes of at least 4 members (excludes halogenated alkanes) is 1. The standard InChI is InChI=1S/C17H23NO/c1-4-6-9-14(5-2)17(19)16(12-18)15-10-7-8-13(3)11-15/h7-8,10-11,14,16H,4-6,9H2,1-3H3. The molecule has 1 aromatic carbocycles. The van der Waals surface area contributed by atoms with Gasteiger partial charge in [0.05, 0.1) is 6.07 Å². The van der Waals surface area contributed by atoms with Gasteiger partial charge in [0.1, 0.15) is 5.92 Å². The van der Waals surface area contributed by atoms with Crippen molar-refractivity contribution in [1.29, 1.82) is 5.26 Å². The van der Waals surface area contributed by atoms with Crippen molar-refractivity contribution < 1.29 is 4.79 Å². The number of carbonyl (C=O) groups excluding carboxylic acids is 1. The summed E-state index contributed by atoms with van der Waals surface area (Å²) in [5, 5.41) is 9.34. The van der Waals surface area contributed by atoms with Crippen molar-refractivity contribution >= 4 is 5.78 Å². The van der Waals surface area contributed by atoms with Gasteiger partial charge in [-0.3, -0.25) is 4.79 Å². The largest absolute Gasteiger partial charge is 0.298 e. The number of hydrogen-bond acceptors (Lipinski definition) is 2. The zero-order valence-corrected chi connectivity index (χ0v) is 12.1. The van der Waals surface area contributed by atoms with Crippen molar-refractivity contribution in [3.8, 4) is 6.07 Å². The first-order valence-corrected chi connectivity index (χ1v) is 7.13. The minimum absolute atomic E-state index is 0.0186. The number of nitriles is 1. The van der Waals surface area contributed by atoms with Gasteiger partial charge in [-0.2, -0.15) is 5.26 Å². The van der Waals surface area contributed by atoms with Gasteiger partial charge in [0.25, 0.3) is 0 Å². The fourth-order valence-corrected chi connectivity index (χ4v) is 2.39. The molecule has 2 heteroatoms. The molecule has 0 fully saturated rings. The summed E-state index contributed by atoms with van der Waals surface area (Å²) in [4.78, 5) is 12.5. The van der Waals surface area contributed by atoms with E-state index in [9.17, 15) is 10.1 Å². The van der Waals surface area contributed by atoms with Gasteiger partial charge < -0.3 is 0 Å². The molecule has 2 unspecified atom stereocenters. The molecule has 0 heterocycles. The number of aryl methyl sites for hydroxylation is 1. The molecule has 0 aromatic heterocycles. The van der Waals surface area contributed by atoms with Gasteiger partial charge in [0, 0.05) is 5.92 Å².